The molecule has 0 unspecified atom stereocenters. The summed E-state index contributed by atoms with van der Waals surface area (Å²) in [6.07, 6.45) is 0. The minimum absolute atomic E-state index is 0.123. The van der Waals surface area contributed by atoms with Gasteiger partial charge in [-0.15, -0.1) is 5.10 Å². The number of hydrogen-bond acceptors (Lipinski definition) is 5. The number of amides is 3. The zero-order chi connectivity index (χ0) is 12.1. The lowest BCUT2D eigenvalue weighted by Crippen LogP contribution is -2.34. The van der Waals surface area contributed by atoms with Crippen molar-refractivity contribution in [2.75, 3.05) is 5.32 Å². The highest BCUT2D eigenvalue weighted by Gasteiger charge is 2.12. The molecule has 7 heteroatoms. The largest absolute Gasteiger partial charge is 0.326 e. The van der Waals surface area contributed by atoms with Gasteiger partial charge in [-0.1, -0.05) is 22.7 Å². The molecule has 1 aromatic carbocycles. The van der Waals surface area contributed by atoms with Crippen molar-refractivity contribution in [3.05, 3.63) is 41.4 Å². The van der Waals surface area contributed by atoms with Crippen molar-refractivity contribution in [2.24, 2.45) is 0 Å². The van der Waals surface area contributed by atoms with Gasteiger partial charge >= 0.3 is 6.03 Å². The lowest BCUT2D eigenvalue weighted by Gasteiger charge is -2.04. The van der Waals surface area contributed by atoms with Crippen LogP contribution in [0.25, 0.3) is 0 Å². The second-order valence-corrected chi connectivity index (χ2v) is 3.67. The van der Waals surface area contributed by atoms with Crippen LogP contribution in [-0.2, 0) is 0 Å². The van der Waals surface area contributed by atoms with Gasteiger partial charge in [-0.2, -0.15) is 0 Å². The Labute approximate surface area is 101 Å². The number of aromatic nitrogens is 2. The van der Waals surface area contributed by atoms with Crippen LogP contribution in [-0.4, -0.2) is 21.5 Å². The number of urea groups is 1. The van der Waals surface area contributed by atoms with E-state index in [4.69, 9.17) is 0 Å². The van der Waals surface area contributed by atoms with Crippen molar-refractivity contribution in [1.29, 1.82) is 0 Å². The van der Waals surface area contributed by atoms with E-state index in [0.717, 1.165) is 11.5 Å². The number of carbonyl (C=O) groups excluding carboxylic acids is 2. The minimum Gasteiger partial charge on any atom is -0.308 e. The molecule has 0 saturated carbocycles. The van der Waals surface area contributed by atoms with E-state index in [2.05, 4.69) is 20.2 Å². The Bertz CT molecular complexity index is 512. The average molecular weight is 248 g/mol. The second-order valence-electron chi connectivity index (χ2n) is 3.06. The molecule has 0 bridgehead atoms. The highest BCUT2D eigenvalue weighted by molar-refractivity contribution is 7.03. The molecule has 0 aliphatic rings. The quantitative estimate of drug-likeness (QED) is 0.843. The summed E-state index contributed by atoms with van der Waals surface area (Å²) in [6, 6.07) is 8.22. The molecule has 0 atom stereocenters. The number of anilines is 1. The van der Waals surface area contributed by atoms with E-state index in [1.807, 2.05) is 6.07 Å². The number of nitrogens with zero attached hydrogens (tertiary/aromatic N) is 2. The van der Waals surface area contributed by atoms with Gasteiger partial charge in [0.15, 0.2) is 5.69 Å². The molecule has 6 nitrogen and oxygen atoms in total. The van der Waals surface area contributed by atoms with Gasteiger partial charge in [0.25, 0.3) is 5.91 Å². The van der Waals surface area contributed by atoms with Crippen molar-refractivity contribution in [3.8, 4) is 0 Å². The fourth-order valence-corrected chi connectivity index (χ4v) is 1.55. The first-order valence-electron chi connectivity index (χ1n) is 4.70. The molecule has 3 amide bonds. The van der Waals surface area contributed by atoms with Crippen LogP contribution in [0.5, 0.6) is 0 Å². The van der Waals surface area contributed by atoms with Crippen LogP contribution in [0.2, 0.25) is 0 Å². The number of rotatable bonds is 2. The van der Waals surface area contributed by atoms with Gasteiger partial charge in [0, 0.05) is 11.1 Å². The average Bonchev–Trinajstić information content (AvgIpc) is 2.83. The van der Waals surface area contributed by atoms with E-state index < -0.39 is 11.9 Å². The molecule has 0 radical (unpaired) electrons. The molecule has 86 valence electrons. The van der Waals surface area contributed by atoms with Gasteiger partial charge < -0.3 is 5.32 Å². The van der Waals surface area contributed by atoms with E-state index in [9.17, 15) is 9.59 Å². The van der Waals surface area contributed by atoms with Crippen molar-refractivity contribution in [1.82, 2.24) is 14.9 Å². The van der Waals surface area contributed by atoms with E-state index in [-0.39, 0.29) is 5.69 Å². The van der Waals surface area contributed by atoms with E-state index in [0.29, 0.717) is 5.69 Å². The Morgan fingerprint density at radius 3 is 2.59 bits per heavy atom. The van der Waals surface area contributed by atoms with Crippen molar-refractivity contribution in [2.45, 2.75) is 0 Å². The van der Waals surface area contributed by atoms with Crippen molar-refractivity contribution in [3.63, 3.8) is 0 Å². The van der Waals surface area contributed by atoms with Crippen LogP contribution < -0.4 is 10.6 Å². The number of carbonyl (C=O) groups is 2. The lowest BCUT2D eigenvalue weighted by atomic mass is 10.3. The predicted molar refractivity (Wildman–Crippen MR) is 62.8 cm³/mol. The third kappa shape index (κ3) is 3.08. The maximum atomic E-state index is 11.4. The Kier molecular flexibility index (Phi) is 3.41. The van der Waals surface area contributed by atoms with Gasteiger partial charge in [0.2, 0.25) is 0 Å². The number of nitrogens with one attached hydrogen (secondary N) is 2. The maximum Gasteiger partial charge on any atom is 0.326 e. The van der Waals surface area contributed by atoms with E-state index in [1.54, 1.807) is 24.3 Å². The summed E-state index contributed by atoms with van der Waals surface area (Å²) in [6.45, 7) is 0. The van der Waals surface area contributed by atoms with Gasteiger partial charge in [0.1, 0.15) is 0 Å². The third-order valence-corrected chi connectivity index (χ3v) is 2.36. The Hall–Kier alpha value is -2.28. The van der Waals surface area contributed by atoms with E-state index >= 15 is 0 Å². The molecule has 17 heavy (non-hydrogen) atoms. The fraction of sp³-hybridized carbons (Fsp3) is 0. The molecule has 2 N–H and O–H groups in total. The van der Waals surface area contributed by atoms with Gasteiger partial charge in [-0.3, -0.25) is 10.1 Å². The topological polar surface area (TPSA) is 84.0 Å². The normalized spacial score (nSPS) is 9.65. The molecular formula is C10H8N4O2S. The number of imide groups is 1. The van der Waals surface area contributed by atoms with Crippen LogP contribution >= 0.6 is 11.5 Å². The maximum absolute atomic E-state index is 11.4. The predicted octanol–water partition coefficient (Wildman–Crippen LogP) is 1.50. The van der Waals surface area contributed by atoms with Gasteiger partial charge in [-0.05, 0) is 23.7 Å². The Morgan fingerprint density at radius 2 is 1.94 bits per heavy atom. The molecule has 0 fully saturated rings. The summed E-state index contributed by atoms with van der Waals surface area (Å²) in [4.78, 5) is 22.9. The summed E-state index contributed by atoms with van der Waals surface area (Å²) >= 11 is 1.05. The van der Waals surface area contributed by atoms with Crippen molar-refractivity contribution >= 4 is 29.2 Å². The molecule has 2 aromatic rings. The Morgan fingerprint density at radius 1 is 1.18 bits per heavy atom. The molecule has 0 aliphatic heterocycles. The molecular weight excluding hydrogens is 240 g/mol. The highest BCUT2D eigenvalue weighted by Crippen LogP contribution is 2.04. The number of benzene rings is 1. The first-order valence-corrected chi connectivity index (χ1v) is 5.54. The smallest absolute Gasteiger partial charge is 0.308 e. The lowest BCUT2D eigenvalue weighted by molar-refractivity contribution is 0.0962. The molecule has 0 saturated heterocycles. The van der Waals surface area contributed by atoms with Crippen molar-refractivity contribution < 1.29 is 9.59 Å². The minimum atomic E-state index is -0.603. The van der Waals surface area contributed by atoms with Crippen LogP contribution in [0.15, 0.2) is 35.7 Å². The van der Waals surface area contributed by atoms with E-state index in [1.165, 1.54) is 5.38 Å². The standard InChI is InChI=1S/C10H8N4O2S/c15-9(8-6-17-14-13-8)12-10(16)11-7-4-2-1-3-5-7/h1-6H,(H2,11,12,15,16). The van der Waals surface area contributed by atoms with Crippen LogP contribution in [0.1, 0.15) is 10.5 Å². The van der Waals surface area contributed by atoms with Crippen LogP contribution in [0.4, 0.5) is 10.5 Å². The highest BCUT2D eigenvalue weighted by atomic mass is 32.1. The van der Waals surface area contributed by atoms with Crippen LogP contribution in [0.3, 0.4) is 0 Å². The second kappa shape index (κ2) is 5.17. The first kappa shape index (κ1) is 11.2. The molecule has 1 heterocycles. The van der Waals surface area contributed by atoms with Crippen LogP contribution in [0, 0.1) is 0 Å². The third-order valence-electron chi connectivity index (χ3n) is 1.85. The first-order chi connectivity index (χ1) is 8.25. The summed E-state index contributed by atoms with van der Waals surface area (Å²) in [5.41, 5.74) is 0.729. The summed E-state index contributed by atoms with van der Waals surface area (Å²) in [7, 11) is 0. The zero-order valence-corrected chi connectivity index (χ0v) is 9.40. The zero-order valence-electron chi connectivity index (χ0n) is 8.58. The molecule has 2 rings (SSSR count). The number of para-hydroxylation sites is 1. The fourth-order valence-electron chi connectivity index (χ4n) is 1.11. The summed E-state index contributed by atoms with van der Waals surface area (Å²) in [5.74, 6) is -0.577. The summed E-state index contributed by atoms with van der Waals surface area (Å²) in [5, 5.41) is 9.68. The molecule has 0 aliphatic carbocycles. The molecule has 0 spiro atoms. The van der Waals surface area contributed by atoms with Gasteiger partial charge in [-0.25, -0.2) is 4.79 Å². The summed E-state index contributed by atoms with van der Waals surface area (Å²) < 4.78 is 3.53. The molecule has 1 aromatic heterocycles. The number of hydrogen-bond donors (Lipinski definition) is 2. The Balaban J connectivity index is 1.92. The monoisotopic (exact) mass is 248 g/mol. The van der Waals surface area contributed by atoms with Gasteiger partial charge in [0.05, 0.1) is 0 Å². The SMILES string of the molecule is O=C(NC(=O)c1csnn1)Nc1ccccc1.